The Kier molecular flexibility index (Phi) is 5.71. The Morgan fingerprint density at radius 3 is 2.68 bits per heavy atom. The van der Waals surface area contributed by atoms with Crippen LogP contribution in [0.5, 0.6) is 5.75 Å². The lowest BCUT2D eigenvalue weighted by Crippen LogP contribution is -2.40. The molecule has 1 atom stereocenters. The molecule has 0 spiro atoms. The molecular weight excluding hydrogens is 300 g/mol. The number of nitrogens with zero attached hydrogens (tertiary/aromatic N) is 1. The predicted octanol–water partition coefficient (Wildman–Crippen LogP) is 2.04. The van der Waals surface area contributed by atoms with E-state index in [1.807, 2.05) is 38.1 Å². The van der Waals surface area contributed by atoms with Crippen molar-refractivity contribution in [3.63, 3.8) is 0 Å². The first-order valence-electron chi connectivity index (χ1n) is 7.33. The molecule has 6 heteroatoms. The van der Waals surface area contributed by atoms with Crippen LogP contribution in [0.25, 0.3) is 0 Å². The van der Waals surface area contributed by atoms with Gasteiger partial charge in [-0.1, -0.05) is 26.0 Å². The van der Waals surface area contributed by atoms with Gasteiger partial charge in [-0.15, -0.1) is 11.8 Å². The quantitative estimate of drug-likeness (QED) is 0.871. The van der Waals surface area contributed by atoms with Crippen molar-refractivity contribution in [3.8, 4) is 5.75 Å². The number of nitrogens with one attached hydrogen (secondary N) is 1. The smallest absolute Gasteiger partial charge is 0.239 e. The van der Waals surface area contributed by atoms with Crippen molar-refractivity contribution in [1.82, 2.24) is 10.2 Å². The van der Waals surface area contributed by atoms with Gasteiger partial charge in [-0.25, -0.2) is 0 Å². The van der Waals surface area contributed by atoms with Crippen LogP contribution in [0, 0.1) is 5.92 Å². The Labute approximate surface area is 135 Å². The summed E-state index contributed by atoms with van der Waals surface area (Å²) in [6.45, 7) is 4.81. The lowest BCUT2D eigenvalue weighted by Gasteiger charge is -2.24. The lowest BCUT2D eigenvalue weighted by molar-refractivity contribution is -0.133. The van der Waals surface area contributed by atoms with Crippen molar-refractivity contribution in [3.05, 3.63) is 29.8 Å². The maximum absolute atomic E-state index is 12.1. The van der Waals surface area contributed by atoms with Gasteiger partial charge in [0, 0.05) is 6.54 Å². The number of benzene rings is 1. The van der Waals surface area contributed by atoms with Crippen LogP contribution in [-0.2, 0) is 9.59 Å². The molecule has 120 valence electrons. The van der Waals surface area contributed by atoms with Crippen LogP contribution < -0.4 is 10.1 Å². The number of rotatable bonds is 6. The minimum atomic E-state index is -0.108. The van der Waals surface area contributed by atoms with Gasteiger partial charge in [0.25, 0.3) is 0 Å². The van der Waals surface area contributed by atoms with Crippen LogP contribution in [0.2, 0.25) is 0 Å². The zero-order chi connectivity index (χ0) is 16.1. The van der Waals surface area contributed by atoms with E-state index in [2.05, 4.69) is 5.32 Å². The van der Waals surface area contributed by atoms with Crippen LogP contribution >= 0.6 is 11.8 Å². The third-order valence-corrected chi connectivity index (χ3v) is 4.65. The molecule has 5 nitrogen and oxygen atoms in total. The summed E-state index contributed by atoms with van der Waals surface area (Å²) in [5, 5.41) is 2.75. The van der Waals surface area contributed by atoms with E-state index in [1.54, 1.807) is 23.8 Å². The summed E-state index contributed by atoms with van der Waals surface area (Å²) in [7, 11) is 1.62. The van der Waals surface area contributed by atoms with Crippen LogP contribution in [0.4, 0.5) is 0 Å². The molecule has 0 bridgehead atoms. The number of thioether (sulfide) groups is 1. The average molecular weight is 322 g/mol. The van der Waals surface area contributed by atoms with E-state index in [1.165, 1.54) is 0 Å². The minimum Gasteiger partial charge on any atom is -0.497 e. The SMILES string of the molecule is COc1ccc(C2SCC(=O)N2CC(=O)NCC(C)C)cc1. The monoisotopic (exact) mass is 322 g/mol. The van der Waals surface area contributed by atoms with Gasteiger partial charge in [0.15, 0.2) is 0 Å². The van der Waals surface area contributed by atoms with Gasteiger partial charge in [-0.2, -0.15) is 0 Å². The van der Waals surface area contributed by atoms with E-state index in [0.717, 1.165) is 11.3 Å². The Balaban J connectivity index is 2.03. The Morgan fingerprint density at radius 1 is 1.41 bits per heavy atom. The Bertz CT molecular complexity index is 531. The van der Waals surface area contributed by atoms with Crippen LogP contribution in [-0.4, -0.2) is 42.7 Å². The van der Waals surface area contributed by atoms with E-state index in [0.29, 0.717) is 18.2 Å². The minimum absolute atomic E-state index is 0.00511. The van der Waals surface area contributed by atoms with Crippen molar-refractivity contribution in [2.75, 3.05) is 26.0 Å². The summed E-state index contributed by atoms with van der Waals surface area (Å²) in [4.78, 5) is 25.7. The second-order valence-electron chi connectivity index (χ2n) is 5.66. The third-order valence-electron chi connectivity index (χ3n) is 3.39. The molecule has 1 aromatic carbocycles. The first-order chi connectivity index (χ1) is 10.5. The van der Waals surface area contributed by atoms with Gasteiger partial charge in [-0.05, 0) is 23.6 Å². The molecule has 0 aromatic heterocycles. The van der Waals surface area contributed by atoms with Gasteiger partial charge >= 0.3 is 0 Å². The maximum Gasteiger partial charge on any atom is 0.239 e. The highest BCUT2D eigenvalue weighted by Crippen LogP contribution is 2.38. The van der Waals surface area contributed by atoms with Gasteiger partial charge in [0.1, 0.15) is 17.7 Å². The van der Waals surface area contributed by atoms with Crippen molar-refractivity contribution < 1.29 is 14.3 Å². The molecule has 1 aromatic rings. The molecule has 1 aliphatic rings. The molecule has 2 rings (SSSR count). The maximum atomic E-state index is 12.1. The van der Waals surface area contributed by atoms with Gasteiger partial charge in [-0.3, -0.25) is 9.59 Å². The molecule has 0 aliphatic carbocycles. The molecular formula is C16H22N2O3S. The highest BCUT2D eigenvalue weighted by atomic mass is 32.2. The Morgan fingerprint density at radius 2 is 2.09 bits per heavy atom. The van der Waals surface area contributed by atoms with E-state index in [-0.39, 0.29) is 23.7 Å². The van der Waals surface area contributed by atoms with Crippen LogP contribution in [0.15, 0.2) is 24.3 Å². The Hall–Kier alpha value is -1.69. The van der Waals surface area contributed by atoms with Crippen molar-refractivity contribution in [2.45, 2.75) is 19.2 Å². The lowest BCUT2D eigenvalue weighted by atomic mass is 10.2. The van der Waals surface area contributed by atoms with Gasteiger partial charge in [0.2, 0.25) is 11.8 Å². The molecule has 1 aliphatic heterocycles. The number of carbonyl (C=O) groups excluding carboxylic acids is 2. The van der Waals surface area contributed by atoms with E-state index >= 15 is 0 Å². The van der Waals surface area contributed by atoms with Gasteiger partial charge < -0.3 is 15.0 Å². The zero-order valence-electron chi connectivity index (χ0n) is 13.2. The summed E-state index contributed by atoms with van der Waals surface area (Å²) >= 11 is 1.55. The number of ether oxygens (including phenoxy) is 1. The molecule has 1 heterocycles. The molecule has 1 fully saturated rings. The fraction of sp³-hybridized carbons (Fsp3) is 0.500. The molecule has 1 unspecified atom stereocenters. The second kappa shape index (κ2) is 7.54. The molecule has 0 radical (unpaired) electrons. The zero-order valence-corrected chi connectivity index (χ0v) is 14.0. The second-order valence-corrected chi connectivity index (χ2v) is 6.72. The van der Waals surface area contributed by atoms with Crippen LogP contribution in [0.3, 0.4) is 0 Å². The number of hydrogen-bond acceptors (Lipinski definition) is 4. The fourth-order valence-corrected chi connectivity index (χ4v) is 3.39. The van der Waals surface area contributed by atoms with E-state index in [9.17, 15) is 9.59 Å². The fourth-order valence-electron chi connectivity index (χ4n) is 2.20. The summed E-state index contributed by atoms with van der Waals surface area (Å²) < 4.78 is 5.15. The van der Waals surface area contributed by atoms with Gasteiger partial charge in [0.05, 0.1) is 12.9 Å². The van der Waals surface area contributed by atoms with Crippen molar-refractivity contribution in [2.24, 2.45) is 5.92 Å². The van der Waals surface area contributed by atoms with E-state index < -0.39 is 0 Å². The summed E-state index contributed by atoms with van der Waals surface area (Å²) in [5.74, 6) is 1.48. The third kappa shape index (κ3) is 4.16. The number of methoxy groups -OCH3 is 1. The molecule has 22 heavy (non-hydrogen) atoms. The average Bonchev–Trinajstić information content (AvgIpc) is 2.86. The molecule has 1 N–H and O–H groups in total. The normalized spacial score (nSPS) is 17.9. The first-order valence-corrected chi connectivity index (χ1v) is 8.38. The predicted molar refractivity (Wildman–Crippen MR) is 87.8 cm³/mol. The number of hydrogen-bond donors (Lipinski definition) is 1. The summed E-state index contributed by atoms with van der Waals surface area (Å²) in [6.07, 6.45) is 0. The first kappa shape index (κ1) is 16.7. The molecule has 2 amide bonds. The highest BCUT2D eigenvalue weighted by Gasteiger charge is 2.34. The topological polar surface area (TPSA) is 58.6 Å². The molecule has 0 saturated carbocycles. The standard InChI is InChI=1S/C16H22N2O3S/c1-11(2)8-17-14(19)9-18-15(20)10-22-16(18)12-4-6-13(21-3)7-5-12/h4-7,11,16H,8-10H2,1-3H3,(H,17,19). The molecule has 1 saturated heterocycles. The highest BCUT2D eigenvalue weighted by molar-refractivity contribution is 8.00. The number of carbonyl (C=O) groups is 2. The summed E-state index contributed by atoms with van der Waals surface area (Å²) in [5.41, 5.74) is 1.01. The number of amides is 2. The van der Waals surface area contributed by atoms with Crippen molar-refractivity contribution in [1.29, 1.82) is 0 Å². The van der Waals surface area contributed by atoms with Crippen LogP contribution in [0.1, 0.15) is 24.8 Å². The van der Waals surface area contributed by atoms with Crippen molar-refractivity contribution >= 4 is 23.6 Å². The largest absolute Gasteiger partial charge is 0.497 e. The van der Waals surface area contributed by atoms with E-state index in [4.69, 9.17) is 4.74 Å². The summed E-state index contributed by atoms with van der Waals surface area (Å²) in [6, 6.07) is 7.62.